The molecule has 0 amide bonds. The number of hydrogen-bond donors (Lipinski definition) is 1. The van der Waals surface area contributed by atoms with Crippen molar-refractivity contribution in [2.45, 2.75) is 64.5 Å². The fraction of sp³-hybridized carbons (Fsp3) is 0.647. The van der Waals surface area contributed by atoms with Crippen LogP contribution in [0.5, 0.6) is 11.5 Å². The molecule has 0 bridgehead atoms. The third kappa shape index (κ3) is 4.14. The molecule has 1 aromatic carbocycles. The Morgan fingerprint density at radius 3 is 2.65 bits per heavy atom. The second-order valence-electron chi connectivity index (χ2n) is 5.74. The van der Waals surface area contributed by atoms with E-state index in [0.717, 1.165) is 36.3 Å². The molecule has 1 aromatic rings. The molecule has 1 saturated carbocycles. The van der Waals surface area contributed by atoms with Crippen LogP contribution in [0.15, 0.2) is 18.2 Å². The van der Waals surface area contributed by atoms with Gasteiger partial charge in [0, 0.05) is 6.04 Å². The zero-order valence-corrected chi connectivity index (χ0v) is 12.7. The van der Waals surface area contributed by atoms with Crippen LogP contribution in [0, 0.1) is 0 Å². The molecule has 3 heteroatoms. The zero-order chi connectivity index (χ0) is 14.4. The third-order valence-electron chi connectivity index (χ3n) is 3.74. The van der Waals surface area contributed by atoms with Crippen molar-refractivity contribution in [3.63, 3.8) is 0 Å². The standard InChI is InChI=1S/C17H27NO2/c1-3-19-16-11-7-8-14(12-13(2)18)17(16)20-15-9-5-4-6-10-15/h7-8,11,13,15H,3-6,9-10,12,18H2,1-2H3. The molecule has 3 nitrogen and oxygen atoms in total. The quantitative estimate of drug-likeness (QED) is 0.862. The molecule has 2 rings (SSSR count). The maximum absolute atomic E-state index is 6.29. The summed E-state index contributed by atoms with van der Waals surface area (Å²) in [6, 6.07) is 6.24. The second-order valence-corrected chi connectivity index (χ2v) is 5.74. The summed E-state index contributed by atoms with van der Waals surface area (Å²) in [5, 5.41) is 0. The van der Waals surface area contributed by atoms with Crippen molar-refractivity contribution in [2.24, 2.45) is 5.73 Å². The van der Waals surface area contributed by atoms with E-state index in [-0.39, 0.29) is 6.04 Å². The van der Waals surface area contributed by atoms with E-state index in [9.17, 15) is 0 Å². The highest BCUT2D eigenvalue weighted by molar-refractivity contribution is 5.47. The highest BCUT2D eigenvalue weighted by atomic mass is 16.5. The van der Waals surface area contributed by atoms with Crippen molar-refractivity contribution >= 4 is 0 Å². The van der Waals surface area contributed by atoms with Crippen molar-refractivity contribution in [3.05, 3.63) is 23.8 Å². The van der Waals surface area contributed by atoms with Crippen LogP contribution in [0.3, 0.4) is 0 Å². The highest BCUT2D eigenvalue weighted by Gasteiger charge is 2.19. The monoisotopic (exact) mass is 277 g/mol. The molecule has 1 aliphatic carbocycles. The number of rotatable bonds is 6. The van der Waals surface area contributed by atoms with E-state index in [1.165, 1.54) is 19.3 Å². The van der Waals surface area contributed by atoms with Gasteiger partial charge in [0.2, 0.25) is 0 Å². The Labute approximate surface area is 122 Å². The molecule has 0 heterocycles. The topological polar surface area (TPSA) is 44.5 Å². The molecule has 1 atom stereocenters. The summed E-state index contributed by atoms with van der Waals surface area (Å²) < 4.78 is 12.0. The summed E-state index contributed by atoms with van der Waals surface area (Å²) >= 11 is 0. The minimum absolute atomic E-state index is 0.126. The molecule has 1 aliphatic rings. The minimum atomic E-state index is 0.126. The van der Waals surface area contributed by atoms with Gasteiger partial charge in [0.15, 0.2) is 11.5 Å². The maximum Gasteiger partial charge on any atom is 0.164 e. The van der Waals surface area contributed by atoms with Crippen molar-refractivity contribution in [2.75, 3.05) is 6.61 Å². The smallest absolute Gasteiger partial charge is 0.164 e. The summed E-state index contributed by atoms with van der Waals surface area (Å²) in [4.78, 5) is 0. The van der Waals surface area contributed by atoms with Crippen molar-refractivity contribution in [3.8, 4) is 11.5 Å². The first kappa shape index (κ1) is 15.2. The number of benzene rings is 1. The fourth-order valence-corrected chi connectivity index (χ4v) is 2.82. The summed E-state index contributed by atoms with van der Waals surface area (Å²) in [7, 11) is 0. The molecule has 20 heavy (non-hydrogen) atoms. The largest absolute Gasteiger partial charge is 0.490 e. The van der Waals surface area contributed by atoms with E-state index in [1.807, 2.05) is 26.0 Å². The molecule has 1 fully saturated rings. The number of para-hydroxylation sites is 1. The van der Waals surface area contributed by atoms with Crippen LogP contribution in [0.1, 0.15) is 51.5 Å². The van der Waals surface area contributed by atoms with E-state index >= 15 is 0 Å². The summed E-state index contributed by atoms with van der Waals surface area (Å²) in [5.74, 6) is 1.77. The maximum atomic E-state index is 6.29. The van der Waals surface area contributed by atoms with E-state index in [4.69, 9.17) is 15.2 Å². The Hall–Kier alpha value is -1.22. The lowest BCUT2D eigenvalue weighted by molar-refractivity contribution is 0.146. The van der Waals surface area contributed by atoms with Crippen LogP contribution in [-0.2, 0) is 6.42 Å². The molecule has 0 saturated heterocycles. The molecule has 1 unspecified atom stereocenters. The SMILES string of the molecule is CCOc1cccc(CC(C)N)c1OC1CCCCC1. The van der Waals surface area contributed by atoms with Crippen LogP contribution in [0.25, 0.3) is 0 Å². The first-order valence-electron chi connectivity index (χ1n) is 7.87. The average Bonchev–Trinajstić information content (AvgIpc) is 2.43. The van der Waals surface area contributed by atoms with Crippen LogP contribution >= 0.6 is 0 Å². The van der Waals surface area contributed by atoms with Gasteiger partial charge in [0.1, 0.15) is 0 Å². The van der Waals surface area contributed by atoms with Gasteiger partial charge in [-0.3, -0.25) is 0 Å². The summed E-state index contributed by atoms with van der Waals surface area (Å²) in [6.45, 7) is 4.68. The van der Waals surface area contributed by atoms with Crippen molar-refractivity contribution in [1.82, 2.24) is 0 Å². The lowest BCUT2D eigenvalue weighted by Crippen LogP contribution is -2.22. The normalized spacial score (nSPS) is 17.8. The van der Waals surface area contributed by atoms with Gasteiger partial charge in [0.25, 0.3) is 0 Å². The van der Waals surface area contributed by atoms with Crippen molar-refractivity contribution < 1.29 is 9.47 Å². The van der Waals surface area contributed by atoms with Gasteiger partial charge < -0.3 is 15.2 Å². The molecule has 2 N–H and O–H groups in total. The fourth-order valence-electron chi connectivity index (χ4n) is 2.82. The van der Waals surface area contributed by atoms with E-state index < -0.39 is 0 Å². The van der Waals surface area contributed by atoms with Gasteiger partial charge in [-0.05, 0) is 57.6 Å². The van der Waals surface area contributed by atoms with Gasteiger partial charge in [-0.15, -0.1) is 0 Å². The molecular weight excluding hydrogens is 250 g/mol. The predicted molar refractivity (Wildman–Crippen MR) is 82.5 cm³/mol. The van der Waals surface area contributed by atoms with E-state index in [0.29, 0.717) is 12.7 Å². The zero-order valence-electron chi connectivity index (χ0n) is 12.7. The first-order chi connectivity index (χ1) is 9.70. The van der Waals surface area contributed by atoms with E-state index in [1.54, 1.807) is 0 Å². The van der Waals surface area contributed by atoms with Gasteiger partial charge >= 0.3 is 0 Å². The minimum Gasteiger partial charge on any atom is -0.490 e. The van der Waals surface area contributed by atoms with E-state index in [2.05, 4.69) is 6.07 Å². The Morgan fingerprint density at radius 1 is 1.25 bits per heavy atom. The number of hydrogen-bond acceptors (Lipinski definition) is 3. The number of nitrogens with two attached hydrogens (primary N) is 1. The molecule has 0 aliphatic heterocycles. The van der Waals surface area contributed by atoms with Gasteiger partial charge in [-0.25, -0.2) is 0 Å². The Balaban J connectivity index is 2.20. The Kier molecular flexibility index (Phi) is 5.72. The van der Waals surface area contributed by atoms with Crippen molar-refractivity contribution in [1.29, 1.82) is 0 Å². The van der Waals surface area contributed by atoms with Gasteiger partial charge in [-0.2, -0.15) is 0 Å². The highest BCUT2D eigenvalue weighted by Crippen LogP contribution is 2.35. The Morgan fingerprint density at radius 2 is 2.00 bits per heavy atom. The first-order valence-corrected chi connectivity index (χ1v) is 7.87. The molecule has 0 radical (unpaired) electrons. The number of ether oxygens (including phenoxy) is 2. The molecular formula is C17H27NO2. The molecule has 112 valence electrons. The Bertz CT molecular complexity index is 411. The summed E-state index contributed by atoms with van der Waals surface area (Å²) in [5.41, 5.74) is 7.12. The molecule has 0 aromatic heterocycles. The van der Waals surface area contributed by atoms with Crippen LogP contribution in [0.2, 0.25) is 0 Å². The predicted octanol–water partition coefficient (Wildman–Crippen LogP) is 3.69. The second kappa shape index (κ2) is 7.53. The van der Waals surface area contributed by atoms with Crippen LogP contribution < -0.4 is 15.2 Å². The average molecular weight is 277 g/mol. The lowest BCUT2D eigenvalue weighted by Gasteiger charge is -2.26. The lowest BCUT2D eigenvalue weighted by atomic mass is 9.97. The third-order valence-corrected chi connectivity index (χ3v) is 3.74. The van der Waals surface area contributed by atoms with Crippen LogP contribution in [-0.4, -0.2) is 18.8 Å². The van der Waals surface area contributed by atoms with Gasteiger partial charge in [0.05, 0.1) is 12.7 Å². The van der Waals surface area contributed by atoms with Gasteiger partial charge in [-0.1, -0.05) is 18.6 Å². The molecule has 0 spiro atoms. The van der Waals surface area contributed by atoms with Crippen LogP contribution in [0.4, 0.5) is 0 Å². The summed E-state index contributed by atoms with van der Waals surface area (Å²) in [6.07, 6.45) is 7.32.